The first-order valence-electron chi connectivity index (χ1n) is 7.01. The third-order valence-electron chi connectivity index (χ3n) is 3.52. The molecule has 1 heterocycles. The van der Waals surface area contributed by atoms with Gasteiger partial charge >= 0.3 is 0 Å². The van der Waals surface area contributed by atoms with Crippen LogP contribution in [-0.2, 0) is 4.79 Å². The molecule has 0 spiro atoms. The predicted molar refractivity (Wildman–Crippen MR) is 76.4 cm³/mol. The molecule has 1 aliphatic heterocycles. The van der Waals surface area contributed by atoms with E-state index in [4.69, 9.17) is 0 Å². The summed E-state index contributed by atoms with van der Waals surface area (Å²) >= 11 is 0. The molecular formula is C16H21NO2. The molecule has 0 atom stereocenters. The standard InChI is InChI=1S/C16H21NO2/c1-12(2)5-10-15(18)13-6-8-14(9-7-13)17-11-3-4-16(17)19/h6-9,12H,3-5,10-11H2,1-2H3. The van der Waals surface area contributed by atoms with Gasteiger partial charge in [0.15, 0.2) is 5.78 Å². The molecule has 0 aromatic heterocycles. The maximum atomic E-state index is 12.0. The fraction of sp³-hybridized carbons (Fsp3) is 0.500. The molecule has 1 amide bonds. The van der Waals surface area contributed by atoms with Gasteiger partial charge in [0.05, 0.1) is 0 Å². The number of rotatable bonds is 5. The average Bonchev–Trinajstić information content (AvgIpc) is 2.82. The number of Topliss-reactive ketones (excluding diaryl/α,β-unsaturated/α-hetero) is 1. The molecule has 1 aliphatic rings. The summed E-state index contributed by atoms with van der Waals surface area (Å²) in [4.78, 5) is 25.4. The Balaban J connectivity index is 2.02. The molecular weight excluding hydrogens is 238 g/mol. The highest BCUT2D eigenvalue weighted by Crippen LogP contribution is 2.22. The zero-order valence-electron chi connectivity index (χ0n) is 11.7. The van der Waals surface area contributed by atoms with Crippen molar-refractivity contribution in [2.24, 2.45) is 5.92 Å². The van der Waals surface area contributed by atoms with Gasteiger partial charge in [0.25, 0.3) is 0 Å². The topological polar surface area (TPSA) is 37.4 Å². The Bertz CT molecular complexity index is 462. The van der Waals surface area contributed by atoms with Gasteiger partial charge < -0.3 is 4.90 Å². The molecule has 0 N–H and O–H groups in total. The monoisotopic (exact) mass is 259 g/mol. The van der Waals surface area contributed by atoms with Crippen molar-refractivity contribution < 1.29 is 9.59 Å². The van der Waals surface area contributed by atoms with Crippen LogP contribution < -0.4 is 4.90 Å². The lowest BCUT2D eigenvalue weighted by Gasteiger charge is -2.15. The first-order chi connectivity index (χ1) is 9.08. The van der Waals surface area contributed by atoms with Gasteiger partial charge in [-0.3, -0.25) is 9.59 Å². The third-order valence-corrected chi connectivity index (χ3v) is 3.52. The van der Waals surface area contributed by atoms with Crippen LogP contribution in [0.2, 0.25) is 0 Å². The van der Waals surface area contributed by atoms with E-state index in [-0.39, 0.29) is 11.7 Å². The van der Waals surface area contributed by atoms with Gasteiger partial charge in [-0.15, -0.1) is 0 Å². The van der Waals surface area contributed by atoms with Crippen LogP contribution in [0, 0.1) is 5.92 Å². The number of amides is 1. The second-order valence-electron chi connectivity index (χ2n) is 5.55. The number of anilines is 1. The third kappa shape index (κ3) is 3.43. The minimum absolute atomic E-state index is 0.180. The first-order valence-corrected chi connectivity index (χ1v) is 7.01. The summed E-state index contributed by atoms with van der Waals surface area (Å²) in [5.74, 6) is 0.914. The number of hydrogen-bond donors (Lipinski definition) is 0. The SMILES string of the molecule is CC(C)CCC(=O)c1ccc(N2CCCC2=O)cc1. The Morgan fingerprint density at radius 1 is 1.26 bits per heavy atom. The molecule has 3 heteroatoms. The van der Waals surface area contributed by atoms with Crippen molar-refractivity contribution in [1.82, 2.24) is 0 Å². The van der Waals surface area contributed by atoms with Gasteiger partial charge in [-0.05, 0) is 43.0 Å². The van der Waals surface area contributed by atoms with Crippen molar-refractivity contribution in [3.8, 4) is 0 Å². The average molecular weight is 259 g/mol. The summed E-state index contributed by atoms with van der Waals surface area (Å²) in [5, 5.41) is 0. The van der Waals surface area contributed by atoms with Gasteiger partial charge in [-0.1, -0.05) is 13.8 Å². The Morgan fingerprint density at radius 2 is 1.95 bits per heavy atom. The lowest BCUT2D eigenvalue weighted by atomic mass is 10.0. The number of carbonyl (C=O) groups excluding carboxylic acids is 2. The van der Waals surface area contributed by atoms with Crippen LogP contribution in [0.4, 0.5) is 5.69 Å². The van der Waals surface area contributed by atoms with E-state index in [9.17, 15) is 9.59 Å². The van der Waals surface area contributed by atoms with Crippen molar-refractivity contribution in [3.63, 3.8) is 0 Å². The number of hydrogen-bond acceptors (Lipinski definition) is 2. The van der Waals surface area contributed by atoms with E-state index in [2.05, 4.69) is 13.8 Å². The summed E-state index contributed by atoms with van der Waals surface area (Å²) < 4.78 is 0. The van der Waals surface area contributed by atoms with Crippen molar-refractivity contribution in [2.75, 3.05) is 11.4 Å². The highest BCUT2D eigenvalue weighted by Gasteiger charge is 2.21. The first kappa shape index (κ1) is 13.8. The van der Waals surface area contributed by atoms with Crippen molar-refractivity contribution >= 4 is 17.4 Å². The van der Waals surface area contributed by atoms with E-state index in [0.717, 1.165) is 30.6 Å². The minimum Gasteiger partial charge on any atom is -0.312 e. The molecule has 0 saturated carbocycles. The number of ketones is 1. The summed E-state index contributed by atoms with van der Waals surface area (Å²) in [6, 6.07) is 7.44. The van der Waals surface area contributed by atoms with Gasteiger partial charge in [0.2, 0.25) is 5.91 Å². The molecule has 1 aromatic carbocycles. The summed E-state index contributed by atoms with van der Waals surface area (Å²) in [6.45, 7) is 5.03. The second-order valence-corrected chi connectivity index (χ2v) is 5.55. The van der Waals surface area contributed by atoms with E-state index in [0.29, 0.717) is 18.8 Å². The molecule has 19 heavy (non-hydrogen) atoms. The molecule has 1 saturated heterocycles. The molecule has 0 aliphatic carbocycles. The molecule has 0 radical (unpaired) electrons. The number of benzene rings is 1. The quantitative estimate of drug-likeness (QED) is 0.760. The van der Waals surface area contributed by atoms with E-state index < -0.39 is 0 Å². The van der Waals surface area contributed by atoms with Crippen molar-refractivity contribution in [3.05, 3.63) is 29.8 Å². The van der Waals surface area contributed by atoms with Crippen LogP contribution in [0.3, 0.4) is 0 Å². The zero-order chi connectivity index (χ0) is 13.8. The molecule has 2 rings (SSSR count). The number of carbonyl (C=O) groups is 2. The maximum absolute atomic E-state index is 12.0. The van der Waals surface area contributed by atoms with Crippen LogP contribution in [-0.4, -0.2) is 18.2 Å². The van der Waals surface area contributed by atoms with Gasteiger partial charge in [0.1, 0.15) is 0 Å². The smallest absolute Gasteiger partial charge is 0.227 e. The van der Waals surface area contributed by atoms with Crippen molar-refractivity contribution in [2.45, 2.75) is 39.5 Å². The zero-order valence-corrected chi connectivity index (χ0v) is 11.7. The summed E-state index contributed by atoms with van der Waals surface area (Å²) in [7, 11) is 0. The lowest BCUT2D eigenvalue weighted by Crippen LogP contribution is -2.23. The maximum Gasteiger partial charge on any atom is 0.227 e. The Hall–Kier alpha value is -1.64. The van der Waals surface area contributed by atoms with E-state index in [1.807, 2.05) is 24.3 Å². The molecule has 0 unspecified atom stereocenters. The van der Waals surface area contributed by atoms with Crippen LogP contribution in [0.15, 0.2) is 24.3 Å². The predicted octanol–water partition coefficient (Wildman–Crippen LogP) is 3.43. The Labute approximate surface area is 114 Å². The lowest BCUT2D eigenvalue weighted by molar-refractivity contribution is -0.117. The van der Waals surface area contributed by atoms with Crippen molar-refractivity contribution in [1.29, 1.82) is 0 Å². The minimum atomic E-state index is 0.180. The van der Waals surface area contributed by atoms with Crippen LogP contribution in [0.25, 0.3) is 0 Å². The Morgan fingerprint density at radius 3 is 2.47 bits per heavy atom. The molecule has 3 nitrogen and oxygen atoms in total. The fourth-order valence-corrected chi connectivity index (χ4v) is 2.31. The Kier molecular flexibility index (Phi) is 4.35. The van der Waals surface area contributed by atoms with Gasteiger partial charge in [0, 0.05) is 30.6 Å². The molecule has 1 aromatic rings. The van der Waals surface area contributed by atoms with E-state index in [1.54, 1.807) is 4.90 Å². The van der Waals surface area contributed by atoms with Crippen LogP contribution >= 0.6 is 0 Å². The van der Waals surface area contributed by atoms with Gasteiger partial charge in [-0.25, -0.2) is 0 Å². The van der Waals surface area contributed by atoms with Crippen LogP contribution in [0.1, 0.15) is 49.9 Å². The summed E-state index contributed by atoms with van der Waals surface area (Å²) in [5.41, 5.74) is 1.65. The highest BCUT2D eigenvalue weighted by atomic mass is 16.2. The van der Waals surface area contributed by atoms with Crippen LogP contribution in [0.5, 0.6) is 0 Å². The highest BCUT2D eigenvalue weighted by molar-refractivity contribution is 5.98. The second kappa shape index (κ2) is 6.00. The number of nitrogens with zero attached hydrogens (tertiary/aromatic N) is 1. The molecule has 0 bridgehead atoms. The normalized spacial score (nSPS) is 15.3. The largest absolute Gasteiger partial charge is 0.312 e. The van der Waals surface area contributed by atoms with E-state index >= 15 is 0 Å². The molecule has 102 valence electrons. The fourth-order valence-electron chi connectivity index (χ4n) is 2.31. The molecule has 1 fully saturated rings. The van der Waals surface area contributed by atoms with E-state index in [1.165, 1.54) is 0 Å². The summed E-state index contributed by atoms with van der Waals surface area (Å²) in [6.07, 6.45) is 3.08. The van der Waals surface area contributed by atoms with Gasteiger partial charge in [-0.2, -0.15) is 0 Å².